The van der Waals surface area contributed by atoms with Crippen LogP contribution in [-0.2, 0) is 16.0 Å². The number of barbiturate groups is 1. The summed E-state index contributed by atoms with van der Waals surface area (Å²) in [7, 11) is 0. The highest BCUT2D eigenvalue weighted by Gasteiger charge is 2.41. The Hall–Kier alpha value is -2.11. The molecule has 21 heavy (non-hydrogen) atoms. The van der Waals surface area contributed by atoms with Crippen LogP contribution in [0.15, 0.2) is 22.8 Å². The lowest BCUT2D eigenvalue weighted by Gasteiger charge is -2.34. The number of nitrogens with one attached hydrogen (secondary N) is 1. The molecule has 0 aromatic carbocycles. The van der Waals surface area contributed by atoms with Crippen LogP contribution in [0.3, 0.4) is 0 Å². The van der Waals surface area contributed by atoms with Gasteiger partial charge in [-0.2, -0.15) is 0 Å². The first-order chi connectivity index (χ1) is 10.0. The summed E-state index contributed by atoms with van der Waals surface area (Å²) in [5.41, 5.74) is 0. The number of imide groups is 2. The van der Waals surface area contributed by atoms with Crippen molar-refractivity contribution < 1.29 is 18.8 Å². The molecule has 0 bridgehead atoms. The van der Waals surface area contributed by atoms with E-state index in [0.29, 0.717) is 25.7 Å². The molecule has 6 nitrogen and oxygen atoms in total. The molecule has 1 aromatic heterocycles. The first-order valence-electron chi connectivity index (χ1n) is 7.24. The van der Waals surface area contributed by atoms with E-state index in [-0.39, 0.29) is 6.04 Å². The molecule has 0 radical (unpaired) electrons. The number of hydrogen-bond donors (Lipinski definition) is 1. The molecular formula is C15H20N2O4. The van der Waals surface area contributed by atoms with Crippen molar-refractivity contribution in [2.24, 2.45) is 5.92 Å². The molecule has 1 N–H and O–H groups in total. The molecule has 1 fully saturated rings. The highest BCUT2D eigenvalue weighted by Crippen LogP contribution is 2.20. The predicted octanol–water partition coefficient (Wildman–Crippen LogP) is 2.10. The maximum atomic E-state index is 12.4. The van der Waals surface area contributed by atoms with Crippen LogP contribution in [0, 0.1) is 5.92 Å². The maximum absolute atomic E-state index is 12.4. The van der Waals surface area contributed by atoms with E-state index in [9.17, 15) is 14.4 Å². The maximum Gasteiger partial charge on any atom is 0.331 e. The minimum atomic E-state index is -0.751. The second kappa shape index (κ2) is 6.56. The van der Waals surface area contributed by atoms with Crippen LogP contribution in [0.25, 0.3) is 0 Å². The molecule has 2 unspecified atom stereocenters. The highest BCUT2D eigenvalue weighted by molar-refractivity contribution is 6.16. The van der Waals surface area contributed by atoms with Crippen molar-refractivity contribution in [3.8, 4) is 0 Å². The molecular weight excluding hydrogens is 272 g/mol. The van der Waals surface area contributed by atoms with Gasteiger partial charge in [-0.25, -0.2) is 4.79 Å². The fourth-order valence-electron chi connectivity index (χ4n) is 2.53. The zero-order chi connectivity index (χ0) is 15.4. The predicted molar refractivity (Wildman–Crippen MR) is 75.3 cm³/mol. The van der Waals surface area contributed by atoms with Gasteiger partial charge in [-0.15, -0.1) is 0 Å². The van der Waals surface area contributed by atoms with Crippen LogP contribution in [0.5, 0.6) is 0 Å². The molecule has 0 spiro atoms. The van der Waals surface area contributed by atoms with E-state index in [4.69, 9.17) is 4.42 Å². The first-order valence-corrected chi connectivity index (χ1v) is 7.24. The van der Waals surface area contributed by atoms with Gasteiger partial charge in [0.05, 0.1) is 6.26 Å². The number of carbonyl (C=O) groups is 3. The van der Waals surface area contributed by atoms with Crippen LogP contribution >= 0.6 is 0 Å². The molecule has 1 aliphatic rings. The molecule has 2 atom stereocenters. The molecule has 114 valence electrons. The van der Waals surface area contributed by atoms with E-state index in [0.717, 1.165) is 5.76 Å². The Balaban J connectivity index is 2.03. The summed E-state index contributed by atoms with van der Waals surface area (Å²) >= 11 is 0. The van der Waals surface area contributed by atoms with Gasteiger partial charge in [0.2, 0.25) is 11.8 Å². The third kappa shape index (κ3) is 3.32. The standard InChI is InChI=1S/C15H20N2O4/c1-3-5-12-13(18)16-15(20)17(14(12)19)10(2)7-8-11-6-4-9-21-11/h4,6,9-10,12H,3,5,7-8H2,1-2H3,(H,16,18,20). The van der Waals surface area contributed by atoms with E-state index in [1.807, 2.05) is 13.0 Å². The van der Waals surface area contributed by atoms with Crippen LogP contribution in [0.2, 0.25) is 0 Å². The Kier molecular flexibility index (Phi) is 4.77. The highest BCUT2D eigenvalue weighted by atomic mass is 16.3. The molecule has 1 aromatic rings. The fraction of sp³-hybridized carbons (Fsp3) is 0.533. The number of furan rings is 1. The molecule has 0 saturated carbocycles. The third-order valence-electron chi connectivity index (χ3n) is 3.71. The van der Waals surface area contributed by atoms with Crippen molar-refractivity contribution in [3.05, 3.63) is 24.2 Å². The number of carbonyl (C=O) groups excluding carboxylic acids is 3. The van der Waals surface area contributed by atoms with Crippen LogP contribution in [0.1, 0.15) is 38.9 Å². The van der Waals surface area contributed by atoms with Gasteiger partial charge in [-0.1, -0.05) is 13.3 Å². The number of aryl methyl sites for hydroxylation is 1. The van der Waals surface area contributed by atoms with Crippen LogP contribution in [0.4, 0.5) is 4.79 Å². The van der Waals surface area contributed by atoms with Gasteiger partial charge < -0.3 is 4.42 Å². The van der Waals surface area contributed by atoms with Gasteiger partial charge >= 0.3 is 6.03 Å². The van der Waals surface area contributed by atoms with Gasteiger partial charge in [0.1, 0.15) is 11.7 Å². The lowest BCUT2D eigenvalue weighted by atomic mass is 9.97. The summed E-state index contributed by atoms with van der Waals surface area (Å²) in [6.07, 6.45) is 4.00. The Morgan fingerprint density at radius 2 is 2.14 bits per heavy atom. The van der Waals surface area contributed by atoms with Crippen molar-refractivity contribution >= 4 is 17.8 Å². The monoisotopic (exact) mass is 292 g/mol. The van der Waals surface area contributed by atoms with Gasteiger partial charge in [-0.05, 0) is 31.9 Å². The van der Waals surface area contributed by atoms with Gasteiger partial charge in [-0.3, -0.25) is 19.8 Å². The minimum Gasteiger partial charge on any atom is -0.469 e. The van der Waals surface area contributed by atoms with Crippen LogP contribution in [-0.4, -0.2) is 28.8 Å². The number of amides is 4. The fourth-order valence-corrected chi connectivity index (χ4v) is 2.53. The van der Waals surface area contributed by atoms with Crippen molar-refractivity contribution in [1.29, 1.82) is 0 Å². The van der Waals surface area contributed by atoms with Gasteiger partial charge in [0, 0.05) is 12.5 Å². The Bertz CT molecular complexity index is 524. The minimum absolute atomic E-state index is 0.282. The Labute approximate surface area is 123 Å². The Morgan fingerprint density at radius 1 is 1.38 bits per heavy atom. The number of hydrogen-bond acceptors (Lipinski definition) is 4. The molecule has 6 heteroatoms. The molecule has 1 saturated heterocycles. The number of nitrogens with zero attached hydrogens (tertiary/aromatic N) is 1. The van der Waals surface area contributed by atoms with Crippen molar-refractivity contribution in [2.45, 2.75) is 45.6 Å². The number of urea groups is 1. The van der Waals surface area contributed by atoms with E-state index in [2.05, 4.69) is 5.32 Å². The Morgan fingerprint density at radius 3 is 2.76 bits per heavy atom. The van der Waals surface area contributed by atoms with E-state index < -0.39 is 23.8 Å². The topological polar surface area (TPSA) is 79.6 Å². The van der Waals surface area contributed by atoms with E-state index in [1.54, 1.807) is 19.3 Å². The molecule has 1 aliphatic heterocycles. The molecule has 0 aliphatic carbocycles. The summed E-state index contributed by atoms with van der Waals surface area (Å²) in [4.78, 5) is 37.2. The lowest BCUT2D eigenvalue weighted by Crippen LogP contribution is -2.60. The smallest absolute Gasteiger partial charge is 0.331 e. The summed E-state index contributed by atoms with van der Waals surface area (Å²) in [5.74, 6) is -0.814. The zero-order valence-electron chi connectivity index (χ0n) is 12.3. The SMILES string of the molecule is CCCC1C(=O)NC(=O)N(C(C)CCc2ccco2)C1=O. The van der Waals surface area contributed by atoms with Crippen molar-refractivity contribution in [3.63, 3.8) is 0 Å². The average molecular weight is 292 g/mol. The first kappa shape index (κ1) is 15.3. The summed E-state index contributed by atoms with van der Waals surface area (Å²) in [6, 6.07) is 2.75. The average Bonchev–Trinajstić information content (AvgIpc) is 2.94. The number of rotatable bonds is 6. The largest absolute Gasteiger partial charge is 0.469 e. The van der Waals surface area contributed by atoms with Crippen molar-refractivity contribution in [1.82, 2.24) is 10.2 Å². The van der Waals surface area contributed by atoms with Crippen molar-refractivity contribution in [2.75, 3.05) is 0 Å². The molecule has 4 amide bonds. The molecule has 2 heterocycles. The summed E-state index contributed by atoms with van der Waals surface area (Å²) in [6.45, 7) is 3.71. The second-order valence-corrected chi connectivity index (χ2v) is 5.31. The zero-order valence-corrected chi connectivity index (χ0v) is 12.3. The lowest BCUT2D eigenvalue weighted by molar-refractivity contribution is -0.144. The van der Waals surface area contributed by atoms with Gasteiger partial charge in [0.15, 0.2) is 0 Å². The second-order valence-electron chi connectivity index (χ2n) is 5.31. The summed E-state index contributed by atoms with van der Waals surface area (Å²) in [5, 5.41) is 2.27. The van der Waals surface area contributed by atoms with E-state index >= 15 is 0 Å². The molecule has 2 rings (SSSR count). The third-order valence-corrected chi connectivity index (χ3v) is 3.71. The van der Waals surface area contributed by atoms with Crippen LogP contribution < -0.4 is 5.32 Å². The van der Waals surface area contributed by atoms with E-state index in [1.165, 1.54) is 4.90 Å². The summed E-state index contributed by atoms with van der Waals surface area (Å²) < 4.78 is 5.24. The van der Waals surface area contributed by atoms with Gasteiger partial charge in [0.25, 0.3) is 0 Å². The quantitative estimate of drug-likeness (QED) is 0.814. The normalized spacial score (nSPS) is 20.6.